The van der Waals surface area contributed by atoms with Crippen molar-refractivity contribution < 1.29 is 28.4 Å². The van der Waals surface area contributed by atoms with E-state index in [1.165, 1.54) is 0 Å². The lowest BCUT2D eigenvalue weighted by Gasteiger charge is -2.04. The summed E-state index contributed by atoms with van der Waals surface area (Å²) in [4.78, 5) is 40.9. The van der Waals surface area contributed by atoms with E-state index in [1.54, 1.807) is 0 Å². The van der Waals surface area contributed by atoms with Crippen LogP contribution in [0.1, 0.15) is 0 Å². The molecule has 1 atom stereocenters. The first-order valence-corrected chi connectivity index (χ1v) is 4.70. The Morgan fingerprint density at radius 1 is 1.36 bits per heavy atom. The van der Waals surface area contributed by atoms with Gasteiger partial charge in [0.15, 0.2) is 11.6 Å². The zero-order valence-electron chi connectivity index (χ0n) is 6.72. The van der Waals surface area contributed by atoms with Crippen LogP contribution in [0.15, 0.2) is 23.8 Å². The standard InChI is InChI=1S/C7H5O6P/c8-4-1-2-6(9)5(3-4)7(10)13-14(11)12/h1-3,14H,(H,11,12). The summed E-state index contributed by atoms with van der Waals surface area (Å²) in [6, 6.07) is 0. The Bertz CT molecular complexity index is 391. The van der Waals surface area contributed by atoms with Gasteiger partial charge < -0.3 is 9.42 Å². The number of ketones is 2. The van der Waals surface area contributed by atoms with Crippen molar-refractivity contribution in [1.29, 1.82) is 0 Å². The molecule has 0 aromatic rings. The average Bonchev–Trinajstić information content (AvgIpc) is 2.08. The fourth-order valence-corrected chi connectivity index (χ4v) is 1.07. The monoisotopic (exact) mass is 216 g/mol. The molecule has 1 rings (SSSR count). The Balaban J connectivity index is 2.87. The van der Waals surface area contributed by atoms with Gasteiger partial charge in [-0.15, -0.1) is 0 Å². The van der Waals surface area contributed by atoms with Crippen LogP contribution in [-0.2, 0) is 23.5 Å². The molecule has 0 bridgehead atoms. The smallest absolute Gasteiger partial charge is 0.367 e. The van der Waals surface area contributed by atoms with E-state index in [0.29, 0.717) is 0 Å². The molecule has 1 aliphatic rings. The Morgan fingerprint density at radius 2 is 2.00 bits per heavy atom. The predicted molar refractivity (Wildman–Crippen MR) is 44.5 cm³/mol. The number of hydrogen-bond donors (Lipinski definition) is 1. The number of allylic oxidation sites excluding steroid dienone is 3. The Kier molecular flexibility index (Phi) is 3.11. The van der Waals surface area contributed by atoms with Gasteiger partial charge in [-0.1, -0.05) is 0 Å². The molecule has 74 valence electrons. The van der Waals surface area contributed by atoms with E-state index in [1.807, 2.05) is 0 Å². The largest absolute Gasteiger partial charge is 0.390 e. The molecule has 0 amide bonds. The first-order valence-electron chi connectivity index (χ1n) is 3.44. The number of hydrogen-bond acceptors (Lipinski definition) is 5. The molecule has 1 aliphatic carbocycles. The minimum absolute atomic E-state index is 0.537. The normalized spacial score (nSPS) is 17.6. The minimum atomic E-state index is -3.45. The van der Waals surface area contributed by atoms with Crippen molar-refractivity contribution in [1.82, 2.24) is 0 Å². The fourth-order valence-electron chi connectivity index (χ4n) is 0.803. The van der Waals surface area contributed by atoms with Crippen molar-refractivity contribution in [2.75, 3.05) is 0 Å². The van der Waals surface area contributed by atoms with E-state index < -0.39 is 31.4 Å². The average molecular weight is 216 g/mol. The maximum atomic E-state index is 11.0. The molecule has 1 unspecified atom stereocenters. The third kappa shape index (κ3) is 2.48. The van der Waals surface area contributed by atoms with Gasteiger partial charge in [-0.25, -0.2) is 9.36 Å². The summed E-state index contributed by atoms with van der Waals surface area (Å²) in [7, 11) is -3.45. The van der Waals surface area contributed by atoms with E-state index >= 15 is 0 Å². The van der Waals surface area contributed by atoms with Gasteiger partial charge in [-0.2, -0.15) is 0 Å². The summed E-state index contributed by atoms with van der Waals surface area (Å²) in [5, 5.41) is 0. The summed E-state index contributed by atoms with van der Waals surface area (Å²) < 4.78 is 14.0. The SMILES string of the molecule is O=C1C=CC(=O)C(C(=O)O[PH](=O)O)=C1. The number of carbonyl (C=O) groups excluding carboxylic acids is 3. The van der Waals surface area contributed by atoms with Gasteiger partial charge in [0.05, 0.1) is 0 Å². The van der Waals surface area contributed by atoms with Crippen LogP contribution < -0.4 is 0 Å². The zero-order valence-corrected chi connectivity index (χ0v) is 7.72. The molecule has 0 saturated carbocycles. The fraction of sp³-hybridized carbons (Fsp3) is 0. The summed E-state index contributed by atoms with van der Waals surface area (Å²) >= 11 is 0. The van der Waals surface area contributed by atoms with E-state index in [0.717, 1.165) is 18.2 Å². The van der Waals surface area contributed by atoms with Crippen LogP contribution in [0.5, 0.6) is 0 Å². The number of carbonyl (C=O) groups is 3. The highest BCUT2D eigenvalue weighted by atomic mass is 31.1. The molecule has 0 aromatic heterocycles. The first-order chi connectivity index (χ1) is 6.50. The molecular weight excluding hydrogens is 211 g/mol. The van der Waals surface area contributed by atoms with Crippen molar-refractivity contribution in [3.05, 3.63) is 23.8 Å². The Morgan fingerprint density at radius 3 is 2.57 bits per heavy atom. The van der Waals surface area contributed by atoms with Gasteiger partial charge in [0, 0.05) is 6.08 Å². The van der Waals surface area contributed by atoms with E-state index in [4.69, 9.17) is 4.89 Å². The summed E-state index contributed by atoms with van der Waals surface area (Å²) in [5.74, 6) is -2.54. The van der Waals surface area contributed by atoms with Crippen LogP contribution in [0.2, 0.25) is 0 Å². The van der Waals surface area contributed by atoms with Gasteiger partial charge in [-0.3, -0.25) is 9.59 Å². The van der Waals surface area contributed by atoms with Crippen molar-refractivity contribution >= 4 is 25.8 Å². The zero-order chi connectivity index (χ0) is 10.7. The third-order valence-corrected chi connectivity index (χ3v) is 1.71. The first kappa shape index (κ1) is 10.6. The van der Waals surface area contributed by atoms with Gasteiger partial charge >= 0.3 is 14.2 Å². The molecule has 1 N–H and O–H groups in total. The second-order valence-electron chi connectivity index (χ2n) is 2.31. The van der Waals surface area contributed by atoms with E-state index in [-0.39, 0.29) is 0 Å². The van der Waals surface area contributed by atoms with Crippen LogP contribution in [0.3, 0.4) is 0 Å². The van der Waals surface area contributed by atoms with Crippen molar-refractivity contribution in [3.8, 4) is 0 Å². The molecule has 7 heteroatoms. The molecule has 0 aliphatic heterocycles. The maximum Gasteiger partial charge on any atom is 0.367 e. The van der Waals surface area contributed by atoms with Gasteiger partial charge in [0.25, 0.3) is 0 Å². The maximum absolute atomic E-state index is 11.0. The lowest BCUT2D eigenvalue weighted by Crippen LogP contribution is -2.16. The molecule has 0 saturated heterocycles. The highest BCUT2D eigenvalue weighted by Crippen LogP contribution is 2.19. The summed E-state index contributed by atoms with van der Waals surface area (Å²) in [6.45, 7) is 0. The van der Waals surface area contributed by atoms with Crippen molar-refractivity contribution in [2.45, 2.75) is 0 Å². The van der Waals surface area contributed by atoms with Crippen LogP contribution in [-0.4, -0.2) is 22.4 Å². The predicted octanol–water partition coefficient (Wildman–Crippen LogP) is -0.454. The van der Waals surface area contributed by atoms with Crippen LogP contribution >= 0.6 is 8.25 Å². The molecule has 6 nitrogen and oxygen atoms in total. The molecule has 0 aromatic carbocycles. The van der Waals surface area contributed by atoms with Gasteiger partial charge in [-0.05, 0) is 12.2 Å². The minimum Gasteiger partial charge on any atom is -0.390 e. The highest BCUT2D eigenvalue weighted by Gasteiger charge is 2.22. The van der Waals surface area contributed by atoms with Crippen molar-refractivity contribution in [2.24, 2.45) is 0 Å². The quantitative estimate of drug-likeness (QED) is 0.381. The lowest BCUT2D eigenvalue weighted by molar-refractivity contribution is -0.132. The lowest BCUT2D eigenvalue weighted by atomic mass is 10.0. The molecule has 0 heterocycles. The van der Waals surface area contributed by atoms with Gasteiger partial charge in [0.1, 0.15) is 5.57 Å². The third-order valence-electron chi connectivity index (χ3n) is 1.35. The summed E-state index contributed by atoms with van der Waals surface area (Å²) in [5.41, 5.74) is -0.537. The number of rotatable bonds is 2. The topological polar surface area (TPSA) is 97.7 Å². The van der Waals surface area contributed by atoms with Crippen LogP contribution in [0.25, 0.3) is 0 Å². The highest BCUT2D eigenvalue weighted by molar-refractivity contribution is 7.32. The Labute approximate surface area is 78.8 Å². The molecule has 0 fully saturated rings. The molecular formula is C7H5O6P. The second-order valence-corrected chi connectivity index (χ2v) is 3.05. The molecule has 14 heavy (non-hydrogen) atoms. The molecule has 0 radical (unpaired) electrons. The Hall–Kier alpha value is -1.52. The van der Waals surface area contributed by atoms with Crippen LogP contribution in [0.4, 0.5) is 0 Å². The van der Waals surface area contributed by atoms with Crippen molar-refractivity contribution in [3.63, 3.8) is 0 Å². The van der Waals surface area contributed by atoms with Gasteiger partial charge in [0.2, 0.25) is 0 Å². The summed E-state index contributed by atoms with van der Waals surface area (Å²) in [6.07, 6.45) is 2.64. The second kappa shape index (κ2) is 4.13. The van der Waals surface area contributed by atoms with E-state index in [9.17, 15) is 18.9 Å². The van der Waals surface area contributed by atoms with E-state index in [2.05, 4.69) is 4.52 Å². The molecule has 0 spiro atoms. The van der Waals surface area contributed by atoms with Crippen LogP contribution in [0, 0.1) is 0 Å².